The van der Waals surface area contributed by atoms with Crippen LogP contribution in [0.3, 0.4) is 0 Å². The number of aromatic nitrogens is 2. The number of carbonyl (C=O) groups excluding carboxylic acids is 1. The Morgan fingerprint density at radius 2 is 1.62 bits per heavy atom. The van der Waals surface area contributed by atoms with Crippen molar-refractivity contribution in [2.24, 2.45) is 0 Å². The van der Waals surface area contributed by atoms with Crippen LogP contribution >= 0.6 is 27.3 Å². The molecule has 1 aromatic heterocycles. The molecule has 4 rings (SSSR count). The normalized spacial score (nSPS) is 10.8. The SMILES string of the molecule is COC(=O)c1ccc(-c2nnc(-c3ccc(Br)cc3)s2)c2ccccc12. The van der Waals surface area contributed by atoms with Gasteiger partial charge in [0.2, 0.25) is 0 Å². The van der Waals surface area contributed by atoms with Crippen molar-refractivity contribution in [2.45, 2.75) is 0 Å². The Bertz CT molecular complexity index is 1110. The van der Waals surface area contributed by atoms with Gasteiger partial charge >= 0.3 is 5.97 Å². The van der Waals surface area contributed by atoms with Crippen molar-refractivity contribution in [1.29, 1.82) is 0 Å². The fourth-order valence-electron chi connectivity index (χ4n) is 2.81. The predicted molar refractivity (Wildman–Crippen MR) is 107 cm³/mol. The van der Waals surface area contributed by atoms with E-state index in [-0.39, 0.29) is 5.97 Å². The summed E-state index contributed by atoms with van der Waals surface area (Å²) < 4.78 is 5.92. The zero-order chi connectivity index (χ0) is 18.1. The van der Waals surface area contributed by atoms with Crippen LogP contribution < -0.4 is 0 Å². The van der Waals surface area contributed by atoms with Crippen LogP contribution in [0, 0.1) is 0 Å². The third-order valence-electron chi connectivity index (χ3n) is 4.08. The minimum Gasteiger partial charge on any atom is -0.465 e. The van der Waals surface area contributed by atoms with Gasteiger partial charge in [0, 0.05) is 15.6 Å². The van der Waals surface area contributed by atoms with E-state index in [9.17, 15) is 4.79 Å². The van der Waals surface area contributed by atoms with Crippen LogP contribution in [-0.4, -0.2) is 23.3 Å². The lowest BCUT2D eigenvalue weighted by atomic mass is 10.00. The second kappa shape index (κ2) is 6.97. The van der Waals surface area contributed by atoms with Crippen molar-refractivity contribution in [3.05, 3.63) is 70.7 Å². The monoisotopic (exact) mass is 424 g/mol. The highest BCUT2D eigenvalue weighted by Crippen LogP contribution is 2.35. The molecule has 0 amide bonds. The number of hydrogen-bond acceptors (Lipinski definition) is 5. The van der Waals surface area contributed by atoms with Gasteiger partial charge in [0.15, 0.2) is 0 Å². The summed E-state index contributed by atoms with van der Waals surface area (Å²) in [5, 5.41) is 12.2. The van der Waals surface area contributed by atoms with Gasteiger partial charge in [-0.1, -0.05) is 69.7 Å². The van der Waals surface area contributed by atoms with Crippen LogP contribution in [0.2, 0.25) is 0 Å². The van der Waals surface area contributed by atoms with E-state index in [1.807, 2.05) is 54.6 Å². The standard InChI is InChI=1S/C20H13BrN2O2S/c1-25-20(24)17-11-10-16(14-4-2-3-5-15(14)17)19-23-22-18(26-19)12-6-8-13(21)9-7-12/h2-11H,1H3. The highest BCUT2D eigenvalue weighted by Gasteiger charge is 2.16. The number of fused-ring (bicyclic) bond motifs is 1. The Labute approximate surface area is 162 Å². The Morgan fingerprint density at radius 1 is 0.923 bits per heavy atom. The van der Waals surface area contributed by atoms with Crippen molar-refractivity contribution in [3.8, 4) is 21.1 Å². The van der Waals surface area contributed by atoms with Gasteiger partial charge in [-0.3, -0.25) is 0 Å². The fourth-order valence-corrected chi connectivity index (χ4v) is 3.97. The third kappa shape index (κ3) is 3.02. The Balaban J connectivity index is 1.83. The Morgan fingerprint density at radius 3 is 2.35 bits per heavy atom. The van der Waals surface area contributed by atoms with Gasteiger partial charge in [-0.05, 0) is 29.0 Å². The summed E-state index contributed by atoms with van der Waals surface area (Å²) in [5.41, 5.74) is 2.52. The van der Waals surface area contributed by atoms with E-state index < -0.39 is 0 Å². The molecule has 4 nitrogen and oxygen atoms in total. The molecule has 0 saturated heterocycles. The van der Waals surface area contributed by atoms with Crippen LogP contribution in [0.1, 0.15) is 10.4 Å². The molecule has 0 radical (unpaired) electrons. The molecule has 0 saturated carbocycles. The van der Waals surface area contributed by atoms with Gasteiger partial charge < -0.3 is 4.74 Å². The molecule has 1 heterocycles. The topological polar surface area (TPSA) is 52.1 Å². The molecule has 0 spiro atoms. The average Bonchev–Trinajstić information content (AvgIpc) is 3.17. The van der Waals surface area contributed by atoms with Crippen LogP contribution in [0.5, 0.6) is 0 Å². The van der Waals surface area contributed by atoms with E-state index in [4.69, 9.17) is 4.74 Å². The van der Waals surface area contributed by atoms with E-state index in [2.05, 4.69) is 26.1 Å². The first-order valence-corrected chi connectivity index (χ1v) is 9.48. The molecule has 0 unspecified atom stereocenters. The molecule has 0 fully saturated rings. The number of rotatable bonds is 3. The molecule has 0 aliphatic carbocycles. The molecule has 0 aliphatic heterocycles. The number of halogens is 1. The fraction of sp³-hybridized carbons (Fsp3) is 0.0500. The van der Waals surface area contributed by atoms with E-state index in [0.29, 0.717) is 5.56 Å². The molecular formula is C20H13BrN2O2S. The summed E-state index contributed by atoms with van der Waals surface area (Å²) in [5.74, 6) is -0.347. The van der Waals surface area contributed by atoms with Crippen LogP contribution in [0.25, 0.3) is 31.9 Å². The number of benzene rings is 3. The number of esters is 1. The average molecular weight is 425 g/mol. The number of methoxy groups -OCH3 is 1. The maximum atomic E-state index is 12.0. The maximum absolute atomic E-state index is 12.0. The van der Waals surface area contributed by atoms with E-state index in [0.717, 1.165) is 36.4 Å². The van der Waals surface area contributed by atoms with Gasteiger partial charge in [0.25, 0.3) is 0 Å². The molecule has 26 heavy (non-hydrogen) atoms. The highest BCUT2D eigenvalue weighted by molar-refractivity contribution is 9.10. The molecule has 4 aromatic rings. The summed E-state index contributed by atoms with van der Waals surface area (Å²) in [4.78, 5) is 12.0. The zero-order valence-electron chi connectivity index (χ0n) is 13.8. The lowest BCUT2D eigenvalue weighted by Gasteiger charge is -2.08. The molecule has 128 valence electrons. The lowest BCUT2D eigenvalue weighted by Crippen LogP contribution is -2.02. The number of nitrogens with zero attached hydrogens (tertiary/aromatic N) is 2. The summed E-state index contributed by atoms with van der Waals surface area (Å²) >= 11 is 4.97. The van der Waals surface area contributed by atoms with E-state index in [1.165, 1.54) is 18.4 Å². The van der Waals surface area contributed by atoms with Crippen LogP contribution in [0.15, 0.2) is 65.1 Å². The number of ether oxygens (including phenoxy) is 1. The Hall–Kier alpha value is -2.57. The summed E-state index contributed by atoms with van der Waals surface area (Å²) in [7, 11) is 1.39. The maximum Gasteiger partial charge on any atom is 0.338 e. The smallest absolute Gasteiger partial charge is 0.338 e. The molecule has 0 N–H and O–H groups in total. The van der Waals surface area contributed by atoms with Gasteiger partial charge in [-0.25, -0.2) is 4.79 Å². The summed E-state index contributed by atoms with van der Waals surface area (Å²) in [6.45, 7) is 0. The highest BCUT2D eigenvalue weighted by atomic mass is 79.9. The van der Waals surface area contributed by atoms with Crippen molar-refractivity contribution < 1.29 is 9.53 Å². The van der Waals surface area contributed by atoms with Gasteiger partial charge in [-0.2, -0.15) is 0 Å². The zero-order valence-corrected chi connectivity index (χ0v) is 16.2. The summed E-state index contributed by atoms with van der Waals surface area (Å²) in [6.07, 6.45) is 0. The minimum absolute atomic E-state index is 0.347. The minimum atomic E-state index is -0.347. The van der Waals surface area contributed by atoms with Crippen LogP contribution in [0.4, 0.5) is 0 Å². The predicted octanol–water partition coefficient (Wildman–Crippen LogP) is 5.57. The third-order valence-corrected chi connectivity index (χ3v) is 5.61. The van der Waals surface area contributed by atoms with Gasteiger partial charge in [0.1, 0.15) is 10.0 Å². The van der Waals surface area contributed by atoms with Crippen molar-refractivity contribution >= 4 is 44.0 Å². The molecule has 6 heteroatoms. The molecule has 3 aromatic carbocycles. The summed E-state index contributed by atoms with van der Waals surface area (Å²) in [6, 6.07) is 19.4. The van der Waals surface area contributed by atoms with Crippen molar-refractivity contribution in [1.82, 2.24) is 10.2 Å². The molecular weight excluding hydrogens is 412 g/mol. The van der Waals surface area contributed by atoms with Gasteiger partial charge in [0.05, 0.1) is 12.7 Å². The lowest BCUT2D eigenvalue weighted by molar-refractivity contribution is 0.0603. The molecule has 0 atom stereocenters. The first-order chi connectivity index (χ1) is 12.7. The van der Waals surface area contributed by atoms with E-state index >= 15 is 0 Å². The van der Waals surface area contributed by atoms with Gasteiger partial charge in [-0.15, -0.1) is 10.2 Å². The first-order valence-electron chi connectivity index (χ1n) is 7.87. The van der Waals surface area contributed by atoms with E-state index in [1.54, 1.807) is 6.07 Å². The number of hydrogen-bond donors (Lipinski definition) is 0. The Kier molecular flexibility index (Phi) is 4.53. The van der Waals surface area contributed by atoms with Crippen molar-refractivity contribution in [2.75, 3.05) is 7.11 Å². The van der Waals surface area contributed by atoms with Crippen molar-refractivity contribution in [3.63, 3.8) is 0 Å². The quantitative estimate of drug-likeness (QED) is 0.403. The second-order valence-corrected chi connectivity index (χ2v) is 7.51. The largest absolute Gasteiger partial charge is 0.465 e. The van der Waals surface area contributed by atoms with Crippen LogP contribution in [-0.2, 0) is 4.74 Å². The molecule has 0 aliphatic rings. The number of carbonyl (C=O) groups is 1. The second-order valence-electron chi connectivity index (χ2n) is 5.62. The first kappa shape index (κ1) is 16.9. The molecule has 0 bridgehead atoms.